The summed E-state index contributed by atoms with van der Waals surface area (Å²) in [7, 11) is 0. The number of thiophene rings is 1. The van der Waals surface area contributed by atoms with Crippen molar-refractivity contribution in [2.24, 2.45) is 0 Å². The van der Waals surface area contributed by atoms with E-state index in [0.717, 1.165) is 22.8 Å². The maximum absolute atomic E-state index is 11.6. The van der Waals surface area contributed by atoms with Crippen LogP contribution in [0.1, 0.15) is 29.9 Å². The van der Waals surface area contributed by atoms with Crippen LogP contribution < -0.4 is 5.32 Å². The lowest BCUT2D eigenvalue weighted by Gasteiger charge is -2.12. The summed E-state index contributed by atoms with van der Waals surface area (Å²) in [5.41, 5.74) is 0. The summed E-state index contributed by atoms with van der Waals surface area (Å²) in [5.74, 6) is 2.31. The molecule has 0 bridgehead atoms. The Morgan fingerprint density at radius 2 is 2.47 bits per heavy atom. The van der Waals surface area contributed by atoms with Gasteiger partial charge in [0, 0.05) is 6.04 Å². The van der Waals surface area contributed by atoms with Gasteiger partial charge in [-0.1, -0.05) is 13.0 Å². The highest BCUT2D eigenvalue weighted by Crippen LogP contribution is 2.09. The number of thioether (sulfide) groups is 1. The molecule has 0 aliphatic carbocycles. The van der Waals surface area contributed by atoms with E-state index in [2.05, 4.69) is 19.2 Å². The summed E-state index contributed by atoms with van der Waals surface area (Å²) in [6.07, 6.45) is 1.04. The van der Waals surface area contributed by atoms with E-state index >= 15 is 0 Å². The Labute approximate surface area is 99.5 Å². The Bertz CT molecular complexity index is 285. The third kappa shape index (κ3) is 4.71. The minimum Gasteiger partial charge on any atom is -0.349 e. The number of rotatable bonds is 6. The Hall–Kier alpha value is -0.480. The number of hydrogen-bond acceptors (Lipinski definition) is 3. The SMILES string of the molecule is CCSCC[C@@H](C)NC(=O)c1cccs1. The van der Waals surface area contributed by atoms with Crippen molar-refractivity contribution in [2.75, 3.05) is 11.5 Å². The van der Waals surface area contributed by atoms with Crippen LogP contribution in [-0.2, 0) is 0 Å². The van der Waals surface area contributed by atoms with Crippen LogP contribution in [-0.4, -0.2) is 23.5 Å². The highest BCUT2D eigenvalue weighted by atomic mass is 32.2. The van der Waals surface area contributed by atoms with Gasteiger partial charge in [-0.15, -0.1) is 11.3 Å². The van der Waals surface area contributed by atoms with Crippen LogP contribution in [0.3, 0.4) is 0 Å². The van der Waals surface area contributed by atoms with Gasteiger partial charge < -0.3 is 5.32 Å². The molecule has 0 aliphatic heterocycles. The van der Waals surface area contributed by atoms with Crippen LogP contribution in [0.5, 0.6) is 0 Å². The van der Waals surface area contributed by atoms with Crippen molar-refractivity contribution in [3.8, 4) is 0 Å². The lowest BCUT2D eigenvalue weighted by Crippen LogP contribution is -2.32. The van der Waals surface area contributed by atoms with Crippen LogP contribution in [0.2, 0.25) is 0 Å². The van der Waals surface area contributed by atoms with Crippen molar-refractivity contribution < 1.29 is 4.79 Å². The van der Waals surface area contributed by atoms with Gasteiger partial charge >= 0.3 is 0 Å². The molecule has 0 spiro atoms. The molecule has 0 fully saturated rings. The minimum absolute atomic E-state index is 0.0546. The van der Waals surface area contributed by atoms with Crippen molar-refractivity contribution in [2.45, 2.75) is 26.3 Å². The molecule has 0 aliphatic rings. The molecule has 1 aromatic heterocycles. The van der Waals surface area contributed by atoms with Crippen LogP contribution >= 0.6 is 23.1 Å². The van der Waals surface area contributed by atoms with Gasteiger partial charge in [-0.2, -0.15) is 11.8 Å². The first-order valence-corrected chi connectivity index (χ1v) is 7.19. The first-order valence-electron chi connectivity index (χ1n) is 5.16. The van der Waals surface area contributed by atoms with E-state index in [9.17, 15) is 4.79 Å². The Balaban J connectivity index is 2.26. The summed E-state index contributed by atoms with van der Waals surface area (Å²) >= 11 is 3.40. The van der Waals surface area contributed by atoms with Crippen molar-refractivity contribution >= 4 is 29.0 Å². The predicted molar refractivity (Wildman–Crippen MR) is 68.9 cm³/mol. The minimum atomic E-state index is 0.0546. The number of amides is 1. The van der Waals surface area contributed by atoms with E-state index < -0.39 is 0 Å². The highest BCUT2D eigenvalue weighted by Gasteiger charge is 2.09. The fourth-order valence-electron chi connectivity index (χ4n) is 1.18. The van der Waals surface area contributed by atoms with E-state index in [4.69, 9.17) is 0 Å². The van der Waals surface area contributed by atoms with E-state index in [0.29, 0.717) is 0 Å². The quantitative estimate of drug-likeness (QED) is 0.778. The van der Waals surface area contributed by atoms with Gasteiger partial charge in [0.15, 0.2) is 0 Å². The average molecular weight is 243 g/mol. The van der Waals surface area contributed by atoms with Gasteiger partial charge in [0.1, 0.15) is 0 Å². The standard InChI is InChI=1S/C11H17NOS2/c1-3-14-8-6-9(2)12-11(13)10-5-4-7-15-10/h4-5,7,9H,3,6,8H2,1-2H3,(H,12,13)/t9-/m1/s1. The molecule has 15 heavy (non-hydrogen) atoms. The summed E-state index contributed by atoms with van der Waals surface area (Å²) in [4.78, 5) is 12.4. The first-order chi connectivity index (χ1) is 7.24. The van der Waals surface area contributed by atoms with E-state index in [1.165, 1.54) is 11.3 Å². The molecule has 1 aromatic rings. The van der Waals surface area contributed by atoms with Gasteiger partial charge in [0.05, 0.1) is 4.88 Å². The second-order valence-corrected chi connectivity index (χ2v) is 5.68. The molecule has 0 aromatic carbocycles. The molecule has 0 radical (unpaired) electrons. The molecule has 1 N–H and O–H groups in total. The molecule has 0 saturated heterocycles. The normalized spacial score (nSPS) is 12.4. The molecule has 1 rings (SSSR count). The van der Waals surface area contributed by atoms with Crippen molar-refractivity contribution in [3.05, 3.63) is 22.4 Å². The maximum Gasteiger partial charge on any atom is 0.261 e. The highest BCUT2D eigenvalue weighted by molar-refractivity contribution is 7.99. The maximum atomic E-state index is 11.6. The monoisotopic (exact) mass is 243 g/mol. The van der Waals surface area contributed by atoms with Crippen molar-refractivity contribution in [1.82, 2.24) is 5.32 Å². The van der Waals surface area contributed by atoms with Gasteiger partial charge in [0.25, 0.3) is 5.91 Å². The smallest absolute Gasteiger partial charge is 0.261 e. The predicted octanol–water partition coefficient (Wildman–Crippen LogP) is 3.01. The van der Waals surface area contributed by atoms with E-state index in [1.54, 1.807) is 0 Å². The molecule has 0 unspecified atom stereocenters. The third-order valence-electron chi connectivity index (χ3n) is 2.02. The van der Waals surface area contributed by atoms with Crippen LogP contribution in [0.4, 0.5) is 0 Å². The molecular formula is C11H17NOS2. The van der Waals surface area contributed by atoms with Crippen LogP contribution in [0.25, 0.3) is 0 Å². The molecule has 0 saturated carbocycles. The number of nitrogens with one attached hydrogen (secondary N) is 1. The fraction of sp³-hybridized carbons (Fsp3) is 0.545. The summed E-state index contributed by atoms with van der Waals surface area (Å²) in [6, 6.07) is 4.02. The zero-order valence-electron chi connectivity index (χ0n) is 9.16. The number of carbonyl (C=O) groups excluding carboxylic acids is 1. The lowest BCUT2D eigenvalue weighted by molar-refractivity contribution is 0.0943. The van der Waals surface area contributed by atoms with E-state index in [-0.39, 0.29) is 11.9 Å². The van der Waals surface area contributed by atoms with Crippen LogP contribution in [0, 0.1) is 0 Å². The molecular weight excluding hydrogens is 226 g/mol. The number of hydrogen-bond donors (Lipinski definition) is 1. The van der Waals surface area contributed by atoms with Crippen molar-refractivity contribution in [3.63, 3.8) is 0 Å². The zero-order valence-corrected chi connectivity index (χ0v) is 10.8. The molecule has 2 nitrogen and oxygen atoms in total. The topological polar surface area (TPSA) is 29.1 Å². The fourth-order valence-corrected chi connectivity index (χ4v) is 2.62. The number of carbonyl (C=O) groups is 1. The summed E-state index contributed by atoms with van der Waals surface area (Å²) in [5, 5.41) is 4.92. The van der Waals surface area contributed by atoms with Crippen molar-refractivity contribution in [1.29, 1.82) is 0 Å². The molecule has 4 heteroatoms. The summed E-state index contributed by atoms with van der Waals surface area (Å²) in [6.45, 7) is 4.21. The average Bonchev–Trinajstić information content (AvgIpc) is 2.70. The Kier molecular flexibility index (Phi) is 5.79. The molecule has 1 amide bonds. The Morgan fingerprint density at radius 1 is 1.67 bits per heavy atom. The first kappa shape index (κ1) is 12.6. The summed E-state index contributed by atoms with van der Waals surface area (Å²) < 4.78 is 0. The Morgan fingerprint density at radius 3 is 3.07 bits per heavy atom. The van der Waals surface area contributed by atoms with Crippen LogP contribution in [0.15, 0.2) is 17.5 Å². The second kappa shape index (κ2) is 6.90. The van der Waals surface area contributed by atoms with Gasteiger partial charge in [0.2, 0.25) is 0 Å². The molecule has 1 heterocycles. The van der Waals surface area contributed by atoms with Gasteiger partial charge in [-0.3, -0.25) is 4.79 Å². The lowest BCUT2D eigenvalue weighted by atomic mass is 10.2. The van der Waals surface area contributed by atoms with Gasteiger partial charge in [-0.25, -0.2) is 0 Å². The van der Waals surface area contributed by atoms with E-state index in [1.807, 2.05) is 29.3 Å². The second-order valence-electron chi connectivity index (χ2n) is 3.34. The third-order valence-corrected chi connectivity index (χ3v) is 3.82. The largest absolute Gasteiger partial charge is 0.349 e. The molecule has 84 valence electrons. The molecule has 1 atom stereocenters. The zero-order chi connectivity index (χ0) is 11.1. The van der Waals surface area contributed by atoms with Gasteiger partial charge in [-0.05, 0) is 36.3 Å².